The molecule has 1 heterocycles. The topological polar surface area (TPSA) is 3.24 Å². The van der Waals surface area contributed by atoms with Gasteiger partial charge in [0.15, 0.2) is 0 Å². The van der Waals surface area contributed by atoms with Gasteiger partial charge >= 0.3 is 178 Å². The lowest BCUT2D eigenvalue weighted by atomic mass is 9.86. The Morgan fingerprint density at radius 2 is 0.363 bits per heavy atom. The van der Waals surface area contributed by atoms with Gasteiger partial charge in [0.2, 0.25) is 0 Å². The molecular weight excluding hydrogens is 1820 g/mol. The number of nitrogens with zero attached hydrogens (tertiary/aromatic N) is 1. The number of rotatable bonds is 36. The summed E-state index contributed by atoms with van der Waals surface area (Å²) in [7, 11) is -8.17. The average molecular weight is 1840 g/mol. The monoisotopic (exact) mass is 1840 g/mol. The molecule has 0 N–H and O–H groups in total. The van der Waals surface area contributed by atoms with E-state index < -0.39 is 253 Å². The van der Waals surface area contributed by atoms with Crippen molar-refractivity contribution in [2.45, 2.75) is 242 Å². The molecule has 0 amide bonds. The van der Waals surface area contributed by atoms with Crippen LogP contribution in [-0.2, 0) is 0 Å². The molecule has 1 aliphatic rings. The molecule has 65 heteroatoms. The first kappa shape index (κ1) is 104. The molecule has 1 aromatic rings. The Bertz CT molecular complexity index is 3140. The predicted molar refractivity (Wildman–Crippen MR) is 241 cm³/mol. The van der Waals surface area contributed by atoms with Crippen LogP contribution >= 0.6 is 0 Å². The van der Waals surface area contributed by atoms with Gasteiger partial charge in [0, 0.05) is 25.3 Å². The predicted octanol–water partition coefficient (Wildman–Crippen LogP) is 24.5. The van der Waals surface area contributed by atoms with Crippen LogP contribution in [-0.4, -0.2) is 205 Å². The van der Waals surface area contributed by atoms with Crippen molar-refractivity contribution >= 4 is 13.3 Å². The second-order valence-electron chi connectivity index (χ2n) is 24.2. The van der Waals surface area contributed by atoms with Gasteiger partial charge in [-0.3, -0.25) is 4.90 Å². The Balaban J connectivity index is 3.46. The summed E-state index contributed by atoms with van der Waals surface area (Å²) in [6.07, 6.45) is -40.7. The lowest BCUT2D eigenvalue weighted by Gasteiger charge is -2.45. The molecule has 1 aromatic carbocycles. The van der Waals surface area contributed by atoms with Crippen molar-refractivity contribution in [2.24, 2.45) is 0 Å². The SMILES string of the molecule is C[C@H](c1ccc([Si](CCC(F)(F)C(F)(F)C(F)(F)C(F)(F)C(F)(F)C(F)(F)C(F)(F)C(F)(F)C(F)(F)C(F)(F)F)(CCC(F)(F)C(F)(F)C(F)(F)C(F)(F)C(F)(F)C(F)(F)C(F)(F)C(F)(F)C(F)(F)C(F)(F)F)CCC(F)(F)C(F)(F)C(F)(F)C(F)(F)C(F)(F)C(F)(F)C(F)(F)C(F)(F)C(F)(F)C(F)(F)F)cc1)N1CCCC1. The second-order valence-corrected chi connectivity index (χ2v) is 28.9. The van der Waals surface area contributed by atoms with Crippen LogP contribution in [0.4, 0.5) is 277 Å². The zero-order valence-electron chi connectivity index (χ0n) is 51.7. The summed E-state index contributed by atoms with van der Waals surface area (Å²) in [4.78, 5) is 1.05. The van der Waals surface area contributed by atoms with Gasteiger partial charge in [-0.25, -0.2) is 0 Å². The standard InChI is InChI=1S/C48H28F63NSi/c1-16(112-11-2-3-12-112)17-4-6-18(7-5-17)113(13-8-19(49,50)22(55,56)25(61,62)28(67,68)31(73,74)34(79,80)37(85,86)40(91,92)43(97,98)46(103,104)105,14-9-20(51,52)23(57,58)26(63,64)29(69,70)32(75,76)35(81,82)38(87,88)41(93,94)44(99,100)47(106,107)108)15-10-21(53,54)24(59,60)27(65,66)30(71,72)33(77,78)36(83,84)39(89,90)42(95,96)45(101,102)48(109,110)111/h4-7,16H,2-3,8-15H2,1H3/t16-/m1/s1. The second kappa shape index (κ2) is 28.1. The minimum Gasteiger partial charge on any atom is -0.297 e. The van der Waals surface area contributed by atoms with Crippen molar-refractivity contribution in [3.63, 3.8) is 0 Å². The summed E-state index contributed by atoms with van der Waals surface area (Å²) in [5.41, 5.74) is -0.843. The lowest BCUT2D eigenvalue weighted by Crippen LogP contribution is -2.77. The van der Waals surface area contributed by atoms with Gasteiger partial charge in [0.25, 0.3) is 0 Å². The maximum Gasteiger partial charge on any atom is 0.460 e. The van der Waals surface area contributed by atoms with E-state index in [0.717, 1.165) is 11.8 Å². The number of hydrogen-bond acceptors (Lipinski definition) is 1. The molecule has 0 unspecified atom stereocenters. The highest BCUT2D eigenvalue weighted by atomic mass is 28.3. The van der Waals surface area contributed by atoms with Gasteiger partial charge < -0.3 is 0 Å². The van der Waals surface area contributed by atoms with Crippen LogP contribution in [0.5, 0.6) is 0 Å². The molecule has 2 rings (SSSR count). The minimum atomic E-state index is -10.2. The Labute approximate surface area is 579 Å². The van der Waals surface area contributed by atoms with E-state index in [1.54, 1.807) is 0 Å². The Kier molecular flexibility index (Phi) is 25.8. The van der Waals surface area contributed by atoms with Crippen molar-refractivity contribution in [3.05, 3.63) is 29.8 Å². The van der Waals surface area contributed by atoms with E-state index in [1.165, 1.54) is 0 Å². The van der Waals surface area contributed by atoms with Crippen LogP contribution in [0.15, 0.2) is 24.3 Å². The molecule has 0 aliphatic carbocycles. The van der Waals surface area contributed by atoms with Crippen LogP contribution in [0.3, 0.4) is 0 Å². The highest BCUT2D eigenvalue weighted by Gasteiger charge is 3.02. The van der Waals surface area contributed by atoms with E-state index >= 15 is 79.0 Å². The number of alkyl halides is 63. The summed E-state index contributed by atoms with van der Waals surface area (Å²) in [5.74, 6) is -263. The maximum absolute atomic E-state index is 15.9. The molecule has 0 spiro atoms. The van der Waals surface area contributed by atoms with Crippen molar-refractivity contribution in [1.29, 1.82) is 0 Å². The summed E-state index contributed by atoms with van der Waals surface area (Å²) in [5, 5.41) is -2.57. The molecule has 1 aliphatic heterocycles. The molecular formula is C48H28F63NSi. The van der Waals surface area contributed by atoms with E-state index in [2.05, 4.69) is 0 Å². The summed E-state index contributed by atoms with van der Waals surface area (Å²) >= 11 is 0. The first-order valence-corrected chi connectivity index (χ1v) is 30.2. The van der Waals surface area contributed by atoms with Crippen molar-refractivity contribution in [2.75, 3.05) is 13.1 Å². The number of likely N-dealkylation sites (tertiary alicyclic amines) is 1. The molecule has 1 nitrogen and oxygen atoms in total. The first-order chi connectivity index (χ1) is 48.4. The van der Waals surface area contributed by atoms with E-state index in [0.29, 0.717) is 0 Å². The zero-order chi connectivity index (χ0) is 91.7. The smallest absolute Gasteiger partial charge is 0.297 e. The first-order valence-electron chi connectivity index (χ1n) is 27.6. The van der Waals surface area contributed by atoms with Crippen LogP contribution in [0.2, 0.25) is 18.1 Å². The fraction of sp³-hybridized carbons (Fsp3) is 0.875. The molecule has 113 heavy (non-hydrogen) atoms. The van der Waals surface area contributed by atoms with E-state index in [9.17, 15) is 198 Å². The minimum absolute atomic E-state index is 0.00793. The third-order valence-electron chi connectivity index (χ3n) is 17.2. The van der Waals surface area contributed by atoms with Crippen molar-refractivity contribution in [3.8, 4) is 0 Å². The van der Waals surface area contributed by atoms with Crippen molar-refractivity contribution < 1.29 is 277 Å². The number of hydrogen-bond donors (Lipinski definition) is 0. The molecule has 1 fully saturated rings. The highest BCUT2D eigenvalue weighted by Crippen LogP contribution is 2.72. The maximum atomic E-state index is 15.9. The van der Waals surface area contributed by atoms with E-state index in [4.69, 9.17) is 0 Å². The van der Waals surface area contributed by atoms with Gasteiger partial charge in [-0.1, -0.05) is 29.5 Å². The molecule has 0 bridgehead atoms. The molecule has 1 atom stereocenters. The van der Waals surface area contributed by atoms with Gasteiger partial charge in [0.1, 0.15) is 0 Å². The van der Waals surface area contributed by atoms with Crippen molar-refractivity contribution in [1.82, 2.24) is 4.90 Å². The normalized spacial score (nSPS) is 17.9. The number of benzene rings is 1. The highest BCUT2D eigenvalue weighted by molar-refractivity contribution is 6.92. The third kappa shape index (κ3) is 14.0. The van der Waals surface area contributed by atoms with Gasteiger partial charge in [-0.2, -0.15) is 277 Å². The average Bonchev–Trinajstić information content (AvgIpc) is 0.924. The molecule has 0 saturated carbocycles. The fourth-order valence-corrected chi connectivity index (χ4v) is 14.6. The summed E-state index contributed by atoms with van der Waals surface area (Å²) in [6, 6.07) is -15.6. The zero-order valence-corrected chi connectivity index (χ0v) is 52.7. The Morgan fingerprint density at radius 1 is 0.221 bits per heavy atom. The van der Waals surface area contributed by atoms with Crippen LogP contribution < -0.4 is 5.19 Å². The van der Waals surface area contributed by atoms with Gasteiger partial charge in [0.05, 0.1) is 8.07 Å². The van der Waals surface area contributed by atoms with E-state index in [-0.39, 0.29) is 38.1 Å². The summed E-state index contributed by atoms with van der Waals surface area (Å²) in [6.45, 7) is 0.207. The molecule has 0 aromatic heterocycles. The quantitative estimate of drug-likeness (QED) is 0.0478. The molecule has 0 radical (unpaired) electrons. The van der Waals surface area contributed by atoms with Gasteiger partial charge in [-0.15, -0.1) is 0 Å². The van der Waals surface area contributed by atoms with Crippen LogP contribution in [0, 0.1) is 0 Å². The Morgan fingerprint density at radius 3 is 0.513 bits per heavy atom. The van der Waals surface area contributed by atoms with E-state index in [1.807, 2.05) is 0 Å². The number of halogens is 63. The summed E-state index contributed by atoms with van der Waals surface area (Å²) < 4.78 is 903. The molecule has 1 saturated heterocycles. The largest absolute Gasteiger partial charge is 0.460 e. The van der Waals surface area contributed by atoms with Gasteiger partial charge in [-0.05, 0) is 56.6 Å². The fourth-order valence-electron chi connectivity index (χ4n) is 9.69. The third-order valence-corrected chi connectivity index (χ3v) is 22.4. The van der Waals surface area contributed by atoms with Crippen LogP contribution in [0.1, 0.15) is 50.6 Å². The molecule has 670 valence electrons. The van der Waals surface area contributed by atoms with Crippen LogP contribution in [0.25, 0.3) is 0 Å². The lowest BCUT2D eigenvalue weighted by molar-refractivity contribution is -0.474. The Hall–Kier alpha value is -5.01.